The van der Waals surface area contributed by atoms with Crippen molar-refractivity contribution in [2.75, 3.05) is 0 Å². The van der Waals surface area contributed by atoms with Crippen LogP contribution in [-0.2, 0) is 0 Å². The molecule has 110 valence electrons. The van der Waals surface area contributed by atoms with Gasteiger partial charge in [0.1, 0.15) is 0 Å². The van der Waals surface area contributed by atoms with Crippen molar-refractivity contribution in [3.63, 3.8) is 0 Å². The van der Waals surface area contributed by atoms with Crippen LogP contribution in [0.2, 0.25) is 0 Å². The molecule has 0 saturated heterocycles. The van der Waals surface area contributed by atoms with E-state index < -0.39 is 22.8 Å². The molecule has 0 spiro atoms. The summed E-state index contributed by atoms with van der Waals surface area (Å²) in [5, 5.41) is 0. The Labute approximate surface area is 133 Å². The summed E-state index contributed by atoms with van der Waals surface area (Å²) in [7, 11) is 0. The van der Waals surface area contributed by atoms with Gasteiger partial charge in [0.05, 0.1) is 0 Å². The molecule has 22 heavy (non-hydrogen) atoms. The summed E-state index contributed by atoms with van der Waals surface area (Å²) in [5.41, 5.74) is 0. The molecule has 0 aliphatic rings. The molecule has 3 aromatic carbocycles. The van der Waals surface area contributed by atoms with Crippen molar-refractivity contribution in [1.82, 2.24) is 0 Å². The van der Waals surface area contributed by atoms with E-state index in [0.717, 1.165) is 10.7 Å². The van der Waals surface area contributed by atoms with Gasteiger partial charge in [-0.15, -0.1) is 0 Å². The van der Waals surface area contributed by atoms with Crippen molar-refractivity contribution in [2.24, 2.45) is 0 Å². The first kappa shape index (κ1) is 15.2. The molecular formula is C19H16F2Sn. The molecule has 0 N–H and O–H groups in total. The number of benzene rings is 3. The van der Waals surface area contributed by atoms with Crippen molar-refractivity contribution >= 4 is 29.1 Å². The fraction of sp³-hybridized carbons (Fsp3) is 0.0526. The van der Waals surface area contributed by atoms with Gasteiger partial charge in [-0.05, 0) is 0 Å². The normalized spacial score (nSPS) is 11.6. The first-order valence-corrected chi connectivity index (χ1v) is 13.1. The van der Waals surface area contributed by atoms with Crippen LogP contribution in [0.25, 0.3) is 0 Å². The molecule has 3 heteroatoms. The molecule has 0 fully saturated rings. The first-order chi connectivity index (χ1) is 10.8. The molecule has 0 heterocycles. The molecule has 0 unspecified atom stereocenters. The van der Waals surface area contributed by atoms with Gasteiger partial charge < -0.3 is 0 Å². The van der Waals surface area contributed by atoms with Crippen LogP contribution in [0.15, 0.2) is 91.0 Å². The molecule has 3 aromatic rings. The predicted molar refractivity (Wildman–Crippen MR) is 90.0 cm³/mol. The third-order valence-corrected chi connectivity index (χ3v) is 16.5. The molecule has 0 aliphatic heterocycles. The van der Waals surface area contributed by atoms with E-state index in [0.29, 0.717) is 0 Å². The fourth-order valence-electron chi connectivity index (χ4n) is 2.98. The molecule has 0 radical (unpaired) electrons. The van der Waals surface area contributed by atoms with Crippen LogP contribution in [0.1, 0.15) is 0 Å². The SMILES string of the molecule is F[CH](F)[Sn]([c]1ccccc1)([c]1ccccc1)[c]1ccccc1. The van der Waals surface area contributed by atoms with Crippen LogP contribution in [0.4, 0.5) is 8.78 Å². The molecule has 0 bridgehead atoms. The van der Waals surface area contributed by atoms with Gasteiger partial charge in [0.25, 0.3) is 0 Å². The van der Waals surface area contributed by atoms with Crippen LogP contribution >= 0.6 is 0 Å². The predicted octanol–water partition coefficient (Wildman–Crippen LogP) is 2.96. The van der Waals surface area contributed by atoms with E-state index in [-0.39, 0.29) is 0 Å². The number of alkyl halides is 2. The van der Waals surface area contributed by atoms with E-state index in [1.165, 1.54) is 0 Å². The van der Waals surface area contributed by atoms with Gasteiger partial charge in [0, 0.05) is 0 Å². The second-order valence-electron chi connectivity index (χ2n) is 5.21. The quantitative estimate of drug-likeness (QED) is 0.590. The van der Waals surface area contributed by atoms with Gasteiger partial charge in [0.2, 0.25) is 0 Å². The standard InChI is InChI=1S/3C6H5.CHF2.Sn/c3*1-2-4-6-5-3-1;2-1-3;/h3*1-5H;1H;. The average molecular weight is 401 g/mol. The Morgan fingerprint density at radius 3 is 1.00 bits per heavy atom. The van der Waals surface area contributed by atoms with Crippen molar-refractivity contribution in [2.45, 2.75) is 4.44 Å². The Hall–Kier alpha value is -1.68. The van der Waals surface area contributed by atoms with Crippen LogP contribution in [0.3, 0.4) is 0 Å². The summed E-state index contributed by atoms with van der Waals surface area (Å²) < 4.78 is 29.1. The van der Waals surface area contributed by atoms with E-state index in [1.54, 1.807) is 0 Å². The third-order valence-electron chi connectivity index (χ3n) is 4.01. The van der Waals surface area contributed by atoms with Crippen LogP contribution in [0.5, 0.6) is 0 Å². The molecule has 0 aliphatic carbocycles. The first-order valence-electron chi connectivity index (χ1n) is 7.21. The van der Waals surface area contributed by atoms with E-state index in [9.17, 15) is 8.78 Å². The Balaban J connectivity index is 2.34. The van der Waals surface area contributed by atoms with Gasteiger partial charge in [-0.3, -0.25) is 0 Å². The molecule has 0 amide bonds. The number of hydrogen-bond donors (Lipinski definition) is 0. The van der Waals surface area contributed by atoms with E-state index in [1.807, 2.05) is 91.0 Å². The van der Waals surface area contributed by atoms with E-state index in [2.05, 4.69) is 0 Å². The second kappa shape index (κ2) is 6.61. The molecule has 0 atom stereocenters. The molecule has 3 rings (SSSR count). The van der Waals surface area contributed by atoms with Gasteiger partial charge >= 0.3 is 133 Å². The maximum absolute atomic E-state index is 14.5. The Morgan fingerprint density at radius 2 is 0.773 bits per heavy atom. The zero-order valence-electron chi connectivity index (χ0n) is 12.0. The zero-order valence-corrected chi connectivity index (χ0v) is 14.8. The number of hydrogen-bond acceptors (Lipinski definition) is 0. The summed E-state index contributed by atoms with van der Waals surface area (Å²) in [5.74, 6) is 0. The fourth-order valence-corrected chi connectivity index (χ4v) is 14.1. The Bertz CT molecular complexity index is 616. The second-order valence-corrected chi connectivity index (χ2v) is 16.0. The molecule has 0 nitrogen and oxygen atoms in total. The number of halogens is 2. The Morgan fingerprint density at radius 1 is 0.500 bits per heavy atom. The van der Waals surface area contributed by atoms with Gasteiger partial charge in [0.15, 0.2) is 0 Å². The summed E-state index contributed by atoms with van der Waals surface area (Å²) in [6, 6.07) is 27.9. The minimum absolute atomic E-state index is 0.809. The van der Waals surface area contributed by atoms with Gasteiger partial charge in [-0.1, -0.05) is 0 Å². The van der Waals surface area contributed by atoms with Crippen molar-refractivity contribution < 1.29 is 8.78 Å². The van der Waals surface area contributed by atoms with Crippen molar-refractivity contribution in [3.8, 4) is 0 Å². The third kappa shape index (κ3) is 2.56. The summed E-state index contributed by atoms with van der Waals surface area (Å²) in [6.07, 6.45) is 0. The Kier molecular flexibility index (Phi) is 4.57. The summed E-state index contributed by atoms with van der Waals surface area (Å²) in [4.78, 5) is 0. The summed E-state index contributed by atoms with van der Waals surface area (Å²) >= 11 is -4.30. The average Bonchev–Trinajstić information content (AvgIpc) is 2.58. The van der Waals surface area contributed by atoms with Crippen LogP contribution < -0.4 is 10.7 Å². The molecule has 0 aromatic heterocycles. The van der Waals surface area contributed by atoms with Gasteiger partial charge in [-0.25, -0.2) is 0 Å². The van der Waals surface area contributed by atoms with Gasteiger partial charge in [-0.2, -0.15) is 0 Å². The van der Waals surface area contributed by atoms with Crippen molar-refractivity contribution in [1.29, 1.82) is 0 Å². The monoisotopic (exact) mass is 402 g/mol. The molecular weight excluding hydrogens is 385 g/mol. The van der Waals surface area contributed by atoms with E-state index in [4.69, 9.17) is 0 Å². The van der Waals surface area contributed by atoms with Crippen molar-refractivity contribution in [3.05, 3.63) is 91.0 Å². The summed E-state index contributed by atoms with van der Waals surface area (Å²) in [6.45, 7) is 0. The maximum atomic E-state index is 14.5. The zero-order chi connectivity index (χ0) is 15.4. The van der Waals surface area contributed by atoms with Crippen LogP contribution in [0, 0.1) is 0 Å². The number of rotatable bonds is 4. The topological polar surface area (TPSA) is 0 Å². The van der Waals surface area contributed by atoms with Crippen LogP contribution in [-0.4, -0.2) is 22.8 Å². The molecule has 0 saturated carbocycles. The minimum atomic E-state index is -4.30. The van der Waals surface area contributed by atoms with E-state index >= 15 is 0 Å².